The number of furan rings is 1. The Hall–Kier alpha value is -2.03. The van der Waals surface area contributed by atoms with E-state index in [0.717, 1.165) is 0 Å². The summed E-state index contributed by atoms with van der Waals surface area (Å²) in [4.78, 5) is 0.0520. The van der Waals surface area contributed by atoms with Crippen molar-refractivity contribution in [3.63, 3.8) is 0 Å². The molecule has 0 saturated heterocycles. The fourth-order valence-electron chi connectivity index (χ4n) is 2.05. The molecule has 0 bridgehead atoms. The second kappa shape index (κ2) is 5.99. The number of hydrogen-bond acceptors (Lipinski definition) is 6. The fourth-order valence-corrected chi connectivity index (χ4v) is 3.10. The smallest absolute Gasteiger partial charge is 0.240 e. The summed E-state index contributed by atoms with van der Waals surface area (Å²) in [5, 5.41) is 9.88. The van der Waals surface area contributed by atoms with Crippen molar-refractivity contribution in [2.24, 2.45) is 0 Å². The van der Waals surface area contributed by atoms with Gasteiger partial charge in [0.25, 0.3) is 0 Å². The molecule has 1 aromatic heterocycles. The molecule has 0 spiro atoms. The molecule has 0 radical (unpaired) electrons. The molecule has 0 aliphatic carbocycles. The van der Waals surface area contributed by atoms with E-state index in [4.69, 9.17) is 13.9 Å². The molecule has 7 nitrogen and oxygen atoms in total. The number of ether oxygens (including phenoxy) is 2. The number of hydrogen-bond donors (Lipinski definition) is 2. The number of fused-ring (bicyclic) bond motifs is 1. The molecule has 1 aromatic carbocycles. The van der Waals surface area contributed by atoms with E-state index >= 15 is 0 Å². The highest BCUT2D eigenvalue weighted by Gasteiger charge is 2.20. The third-order valence-corrected chi connectivity index (χ3v) is 4.64. The SMILES string of the molecule is O=S(=O)(NCC(O)c1ccoc1)c1ccc2c(c1)OCCO2. The van der Waals surface area contributed by atoms with Gasteiger partial charge < -0.3 is 19.0 Å². The molecule has 0 saturated carbocycles. The van der Waals surface area contributed by atoms with Gasteiger partial charge in [0.1, 0.15) is 13.2 Å². The Labute approximate surface area is 127 Å². The van der Waals surface area contributed by atoms with Crippen LogP contribution in [0.25, 0.3) is 0 Å². The minimum atomic E-state index is -3.76. The van der Waals surface area contributed by atoms with Gasteiger partial charge in [-0.1, -0.05) is 0 Å². The Morgan fingerprint density at radius 1 is 1.18 bits per heavy atom. The molecule has 0 amide bonds. The van der Waals surface area contributed by atoms with Gasteiger partial charge in [0, 0.05) is 18.2 Å². The Balaban J connectivity index is 1.72. The van der Waals surface area contributed by atoms with E-state index in [9.17, 15) is 13.5 Å². The first-order valence-electron chi connectivity index (χ1n) is 6.66. The highest BCUT2D eigenvalue weighted by Crippen LogP contribution is 2.32. The van der Waals surface area contributed by atoms with E-state index in [0.29, 0.717) is 30.3 Å². The van der Waals surface area contributed by atoms with E-state index in [-0.39, 0.29) is 11.4 Å². The Bertz CT molecular complexity index is 741. The van der Waals surface area contributed by atoms with Gasteiger partial charge in [-0.3, -0.25) is 0 Å². The van der Waals surface area contributed by atoms with Crippen LogP contribution in [0.15, 0.2) is 46.1 Å². The molecule has 22 heavy (non-hydrogen) atoms. The summed E-state index contributed by atoms with van der Waals surface area (Å²) in [6.07, 6.45) is 1.79. The van der Waals surface area contributed by atoms with Crippen LogP contribution in [0.5, 0.6) is 11.5 Å². The summed E-state index contributed by atoms with van der Waals surface area (Å²) in [5.41, 5.74) is 0.505. The van der Waals surface area contributed by atoms with Gasteiger partial charge in [0.05, 0.1) is 23.5 Å². The lowest BCUT2D eigenvalue weighted by Crippen LogP contribution is -2.28. The van der Waals surface area contributed by atoms with Crippen LogP contribution in [-0.2, 0) is 10.0 Å². The van der Waals surface area contributed by atoms with Crippen LogP contribution in [-0.4, -0.2) is 33.3 Å². The lowest BCUT2D eigenvalue weighted by Gasteiger charge is -2.19. The number of sulfonamides is 1. The molecular weight excluding hydrogens is 310 g/mol. The lowest BCUT2D eigenvalue weighted by atomic mass is 10.2. The maximum absolute atomic E-state index is 12.2. The highest BCUT2D eigenvalue weighted by atomic mass is 32.2. The summed E-state index contributed by atoms with van der Waals surface area (Å²) < 4.78 is 42.4. The van der Waals surface area contributed by atoms with Crippen LogP contribution in [0.2, 0.25) is 0 Å². The van der Waals surface area contributed by atoms with Gasteiger partial charge in [-0.15, -0.1) is 0 Å². The van der Waals surface area contributed by atoms with Gasteiger partial charge >= 0.3 is 0 Å². The maximum Gasteiger partial charge on any atom is 0.240 e. The standard InChI is InChI=1S/C14H15NO6S/c16-12(10-3-4-19-9-10)8-15-22(17,18)11-1-2-13-14(7-11)21-6-5-20-13/h1-4,7,9,12,15-16H,5-6,8H2. The lowest BCUT2D eigenvalue weighted by molar-refractivity contribution is 0.171. The van der Waals surface area contributed by atoms with E-state index in [1.807, 2.05) is 0 Å². The average Bonchev–Trinajstić information content (AvgIpc) is 3.07. The van der Waals surface area contributed by atoms with Crippen molar-refractivity contribution in [1.29, 1.82) is 0 Å². The first-order valence-corrected chi connectivity index (χ1v) is 8.14. The summed E-state index contributed by atoms with van der Waals surface area (Å²) in [6.45, 7) is 0.660. The van der Waals surface area contributed by atoms with Gasteiger partial charge in [0.15, 0.2) is 11.5 Å². The Kier molecular flexibility index (Phi) is 4.06. The van der Waals surface area contributed by atoms with Crippen LogP contribution in [0.3, 0.4) is 0 Å². The zero-order chi connectivity index (χ0) is 15.6. The number of aliphatic hydroxyl groups excluding tert-OH is 1. The summed E-state index contributed by atoms with van der Waals surface area (Å²) in [6, 6.07) is 5.96. The molecule has 3 rings (SSSR count). The molecule has 118 valence electrons. The van der Waals surface area contributed by atoms with E-state index in [2.05, 4.69) is 4.72 Å². The molecule has 8 heteroatoms. The number of nitrogens with one attached hydrogen (secondary N) is 1. The number of rotatable bonds is 5. The van der Waals surface area contributed by atoms with Gasteiger partial charge in [-0.2, -0.15) is 0 Å². The molecule has 2 heterocycles. The zero-order valence-corrected chi connectivity index (χ0v) is 12.4. The first kappa shape index (κ1) is 14.9. The van der Waals surface area contributed by atoms with Crippen molar-refractivity contribution in [2.75, 3.05) is 19.8 Å². The van der Waals surface area contributed by atoms with E-state index in [1.54, 1.807) is 12.1 Å². The average molecular weight is 325 g/mol. The molecule has 1 aliphatic heterocycles. The topological polar surface area (TPSA) is 98.0 Å². The van der Waals surface area contributed by atoms with E-state index in [1.165, 1.54) is 24.7 Å². The van der Waals surface area contributed by atoms with Crippen LogP contribution in [0.4, 0.5) is 0 Å². The Morgan fingerprint density at radius 3 is 2.68 bits per heavy atom. The first-order chi connectivity index (χ1) is 10.6. The molecule has 2 N–H and O–H groups in total. The summed E-state index contributed by atoms with van der Waals surface area (Å²) in [5.74, 6) is 0.910. The number of benzene rings is 1. The van der Waals surface area contributed by atoms with Crippen LogP contribution in [0, 0.1) is 0 Å². The molecule has 2 aromatic rings. The summed E-state index contributed by atoms with van der Waals surface area (Å²) in [7, 11) is -3.76. The molecule has 1 unspecified atom stereocenters. The van der Waals surface area contributed by atoms with Crippen molar-refractivity contribution < 1.29 is 27.4 Å². The highest BCUT2D eigenvalue weighted by molar-refractivity contribution is 7.89. The van der Waals surface area contributed by atoms with Crippen molar-refractivity contribution in [2.45, 2.75) is 11.0 Å². The van der Waals surface area contributed by atoms with Gasteiger partial charge in [-0.05, 0) is 18.2 Å². The zero-order valence-electron chi connectivity index (χ0n) is 11.6. The van der Waals surface area contributed by atoms with Crippen LogP contribution >= 0.6 is 0 Å². The summed E-state index contributed by atoms with van der Waals surface area (Å²) >= 11 is 0. The molecule has 1 atom stereocenters. The van der Waals surface area contributed by atoms with Crippen molar-refractivity contribution in [3.05, 3.63) is 42.4 Å². The fraction of sp³-hybridized carbons (Fsp3) is 0.286. The van der Waals surface area contributed by atoms with Gasteiger partial charge in [-0.25, -0.2) is 13.1 Å². The minimum absolute atomic E-state index is 0.0520. The quantitative estimate of drug-likeness (QED) is 0.853. The minimum Gasteiger partial charge on any atom is -0.486 e. The molecule has 1 aliphatic rings. The normalized spacial score (nSPS) is 15.5. The predicted octanol–water partition coefficient (Wildman–Crippen LogP) is 1.06. The van der Waals surface area contributed by atoms with Crippen molar-refractivity contribution in [3.8, 4) is 11.5 Å². The predicted molar refractivity (Wildman–Crippen MR) is 76.3 cm³/mol. The molecule has 0 fully saturated rings. The van der Waals surface area contributed by atoms with Crippen LogP contribution < -0.4 is 14.2 Å². The second-order valence-electron chi connectivity index (χ2n) is 4.73. The largest absolute Gasteiger partial charge is 0.486 e. The third-order valence-electron chi connectivity index (χ3n) is 3.22. The van der Waals surface area contributed by atoms with Crippen molar-refractivity contribution in [1.82, 2.24) is 4.72 Å². The monoisotopic (exact) mass is 325 g/mol. The third kappa shape index (κ3) is 3.08. The molecular formula is C14H15NO6S. The van der Waals surface area contributed by atoms with E-state index < -0.39 is 16.1 Å². The van der Waals surface area contributed by atoms with Gasteiger partial charge in [0.2, 0.25) is 10.0 Å². The van der Waals surface area contributed by atoms with Crippen molar-refractivity contribution >= 4 is 10.0 Å². The second-order valence-corrected chi connectivity index (χ2v) is 6.50. The van der Waals surface area contributed by atoms with Crippen LogP contribution in [0.1, 0.15) is 11.7 Å². The Morgan fingerprint density at radius 2 is 1.95 bits per heavy atom. The maximum atomic E-state index is 12.2. The number of aliphatic hydroxyl groups is 1.